The maximum absolute atomic E-state index is 13.3. The summed E-state index contributed by atoms with van der Waals surface area (Å²) in [6, 6.07) is 6.60. The van der Waals surface area contributed by atoms with Gasteiger partial charge in [0, 0.05) is 18.5 Å². The molecule has 1 unspecified atom stereocenters. The number of hydrogen-bond donors (Lipinski definition) is 0. The lowest BCUT2D eigenvalue weighted by molar-refractivity contribution is -0.137. The Morgan fingerprint density at radius 1 is 1.31 bits per heavy atom. The fourth-order valence-electron chi connectivity index (χ4n) is 3.36. The van der Waals surface area contributed by atoms with Crippen LogP contribution in [0.15, 0.2) is 54.1 Å². The van der Waals surface area contributed by atoms with Gasteiger partial charge in [-0.1, -0.05) is 55.0 Å². The van der Waals surface area contributed by atoms with Crippen LogP contribution in [0.2, 0.25) is 0 Å². The van der Waals surface area contributed by atoms with Gasteiger partial charge in [0.05, 0.1) is 6.61 Å². The minimum atomic E-state index is -0.221. The minimum Gasteiger partial charge on any atom is -0.371 e. The Morgan fingerprint density at radius 2 is 2.12 bits per heavy atom. The Morgan fingerprint density at radius 3 is 2.81 bits per heavy atom. The number of carbonyl (C=O) groups is 1. The van der Waals surface area contributed by atoms with Crippen molar-refractivity contribution < 1.29 is 13.9 Å². The summed E-state index contributed by atoms with van der Waals surface area (Å²) < 4.78 is 19.0. The molecule has 3 rings (SSSR count). The molecule has 1 aromatic rings. The molecule has 1 amide bonds. The van der Waals surface area contributed by atoms with Gasteiger partial charge in [-0.2, -0.15) is 0 Å². The van der Waals surface area contributed by atoms with E-state index >= 15 is 0 Å². The Kier molecular flexibility index (Phi) is 6.04. The highest BCUT2D eigenvalue weighted by Crippen LogP contribution is 2.27. The van der Waals surface area contributed by atoms with E-state index in [0.717, 1.165) is 24.8 Å². The fraction of sp³-hybridized carbons (Fsp3) is 0.409. The molecule has 0 N–H and O–H groups in total. The molecular formula is C22H26FNO2. The van der Waals surface area contributed by atoms with Crippen molar-refractivity contribution in [1.29, 1.82) is 0 Å². The average Bonchev–Trinajstić information content (AvgIpc) is 2.63. The van der Waals surface area contributed by atoms with Gasteiger partial charge in [-0.3, -0.25) is 4.79 Å². The Hall–Kier alpha value is -2.20. The van der Waals surface area contributed by atoms with E-state index in [0.29, 0.717) is 19.7 Å². The average molecular weight is 355 g/mol. The zero-order valence-electron chi connectivity index (χ0n) is 15.3. The second-order valence-electron chi connectivity index (χ2n) is 7.38. The molecule has 0 radical (unpaired) electrons. The maximum atomic E-state index is 13.3. The number of carbonyl (C=O) groups excluding carboxylic acids is 1. The summed E-state index contributed by atoms with van der Waals surface area (Å²) in [7, 11) is 0. The zero-order chi connectivity index (χ0) is 18.4. The Labute approximate surface area is 154 Å². The molecule has 1 fully saturated rings. The second kappa shape index (κ2) is 8.45. The van der Waals surface area contributed by atoms with Crippen LogP contribution in [0.4, 0.5) is 4.39 Å². The van der Waals surface area contributed by atoms with Crippen molar-refractivity contribution in [2.24, 2.45) is 5.41 Å². The monoisotopic (exact) mass is 355 g/mol. The molecule has 0 aromatic heterocycles. The lowest BCUT2D eigenvalue weighted by Crippen LogP contribution is -2.39. The number of rotatable bonds is 5. The van der Waals surface area contributed by atoms with Gasteiger partial charge >= 0.3 is 0 Å². The number of amides is 1. The van der Waals surface area contributed by atoms with E-state index in [2.05, 4.69) is 19.1 Å². The summed E-state index contributed by atoms with van der Waals surface area (Å²) in [6.07, 6.45) is 13.0. The Bertz CT molecular complexity index is 727. The van der Waals surface area contributed by atoms with Gasteiger partial charge in [-0.05, 0) is 37.0 Å². The molecule has 138 valence electrons. The highest BCUT2D eigenvalue weighted by atomic mass is 19.1. The summed E-state index contributed by atoms with van der Waals surface area (Å²) >= 11 is 0. The van der Waals surface area contributed by atoms with Crippen LogP contribution in [0.5, 0.6) is 0 Å². The molecular weight excluding hydrogens is 329 g/mol. The molecule has 4 heteroatoms. The van der Waals surface area contributed by atoms with Gasteiger partial charge < -0.3 is 9.64 Å². The maximum Gasteiger partial charge on any atom is 0.248 e. The summed E-state index contributed by atoms with van der Waals surface area (Å²) in [6.45, 7) is 4.22. The lowest BCUT2D eigenvalue weighted by Gasteiger charge is -2.30. The standard InChI is InChI=1S/C22H26FNO2/c1-22(10-3-2-4-11-22)17-26-16-21(25)24-12-8-18(9-13-24)14-19-6-5-7-20(23)15-19/h2-7,10,14-15H,8-9,11-13,16-17H2,1H3. The normalized spacial score (nSPS) is 22.5. The molecule has 1 aromatic carbocycles. The van der Waals surface area contributed by atoms with E-state index in [4.69, 9.17) is 4.74 Å². The molecule has 1 aliphatic carbocycles. The van der Waals surface area contributed by atoms with Crippen LogP contribution in [0.1, 0.15) is 31.7 Å². The van der Waals surface area contributed by atoms with E-state index in [1.807, 2.05) is 29.2 Å². The van der Waals surface area contributed by atoms with Gasteiger partial charge in [-0.15, -0.1) is 0 Å². The largest absolute Gasteiger partial charge is 0.371 e. The Balaban J connectivity index is 1.43. The van der Waals surface area contributed by atoms with Crippen molar-refractivity contribution in [3.05, 3.63) is 65.5 Å². The fourth-order valence-corrected chi connectivity index (χ4v) is 3.36. The van der Waals surface area contributed by atoms with E-state index in [9.17, 15) is 9.18 Å². The molecule has 26 heavy (non-hydrogen) atoms. The first-order valence-corrected chi connectivity index (χ1v) is 9.19. The van der Waals surface area contributed by atoms with Crippen LogP contribution in [0.25, 0.3) is 6.08 Å². The predicted octanol–water partition coefficient (Wildman–Crippen LogP) is 4.37. The van der Waals surface area contributed by atoms with Crippen LogP contribution in [-0.4, -0.2) is 37.1 Å². The third-order valence-electron chi connectivity index (χ3n) is 4.97. The minimum absolute atomic E-state index is 0.0161. The lowest BCUT2D eigenvalue weighted by atomic mass is 9.85. The van der Waals surface area contributed by atoms with Crippen LogP contribution in [-0.2, 0) is 9.53 Å². The summed E-state index contributed by atoms with van der Waals surface area (Å²) in [5, 5.41) is 0. The number of hydrogen-bond acceptors (Lipinski definition) is 2. The number of halogens is 1. The van der Waals surface area contributed by atoms with E-state index in [-0.39, 0.29) is 23.7 Å². The van der Waals surface area contributed by atoms with Crippen molar-refractivity contribution in [2.45, 2.75) is 26.2 Å². The number of allylic oxidation sites excluding steroid dienone is 3. The van der Waals surface area contributed by atoms with Crippen molar-refractivity contribution in [3.63, 3.8) is 0 Å². The van der Waals surface area contributed by atoms with Gasteiger partial charge in [0.2, 0.25) is 5.91 Å². The van der Waals surface area contributed by atoms with Gasteiger partial charge in [-0.25, -0.2) is 4.39 Å². The topological polar surface area (TPSA) is 29.5 Å². The first kappa shape index (κ1) is 18.6. The summed E-state index contributed by atoms with van der Waals surface area (Å²) in [4.78, 5) is 14.2. The zero-order valence-corrected chi connectivity index (χ0v) is 15.3. The molecule has 0 bridgehead atoms. The van der Waals surface area contributed by atoms with Crippen LogP contribution >= 0.6 is 0 Å². The second-order valence-corrected chi connectivity index (χ2v) is 7.38. The number of benzene rings is 1. The smallest absolute Gasteiger partial charge is 0.248 e. The quantitative estimate of drug-likeness (QED) is 0.785. The van der Waals surface area contributed by atoms with Gasteiger partial charge in [0.1, 0.15) is 12.4 Å². The van der Waals surface area contributed by atoms with Gasteiger partial charge in [0.15, 0.2) is 0 Å². The van der Waals surface area contributed by atoms with Crippen LogP contribution in [0, 0.1) is 11.2 Å². The number of ether oxygens (including phenoxy) is 1. The highest BCUT2D eigenvalue weighted by Gasteiger charge is 2.23. The number of piperidine rings is 1. The SMILES string of the molecule is CC1(COCC(=O)N2CCC(=Cc3cccc(F)c3)CC2)C=CC=CC1. The summed E-state index contributed by atoms with van der Waals surface area (Å²) in [5.74, 6) is -0.171. The van der Waals surface area contributed by atoms with Gasteiger partial charge in [0.25, 0.3) is 0 Å². The third-order valence-corrected chi connectivity index (χ3v) is 4.97. The van der Waals surface area contributed by atoms with Crippen LogP contribution < -0.4 is 0 Å². The molecule has 0 saturated carbocycles. The van der Waals surface area contributed by atoms with E-state index in [1.54, 1.807) is 6.07 Å². The molecule has 1 heterocycles. The number of likely N-dealkylation sites (tertiary alicyclic amines) is 1. The molecule has 0 spiro atoms. The van der Waals surface area contributed by atoms with Crippen LogP contribution in [0.3, 0.4) is 0 Å². The first-order valence-electron chi connectivity index (χ1n) is 9.19. The molecule has 1 aliphatic heterocycles. The van der Waals surface area contributed by atoms with Crippen molar-refractivity contribution in [1.82, 2.24) is 4.90 Å². The molecule has 3 nitrogen and oxygen atoms in total. The van der Waals surface area contributed by atoms with E-state index < -0.39 is 0 Å². The van der Waals surface area contributed by atoms with Crippen molar-refractivity contribution >= 4 is 12.0 Å². The number of nitrogens with zero attached hydrogens (tertiary/aromatic N) is 1. The third kappa shape index (κ3) is 5.15. The molecule has 1 atom stereocenters. The summed E-state index contributed by atoms with van der Waals surface area (Å²) in [5.41, 5.74) is 2.12. The molecule has 2 aliphatic rings. The highest BCUT2D eigenvalue weighted by molar-refractivity contribution is 5.77. The van der Waals surface area contributed by atoms with Crippen molar-refractivity contribution in [2.75, 3.05) is 26.3 Å². The predicted molar refractivity (Wildman–Crippen MR) is 102 cm³/mol. The first-order chi connectivity index (χ1) is 12.5. The van der Waals surface area contributed by atoms with Crippen molar-refractivity contribution in [3.8, 4) is 0 Å². The molecule has 1 saturated heterocycles. The van der Waals surface area contributed by atoms with E-state index in [1.165, 1.54) is 17.7 Å².